The normalized spacial score (nSPS) is 11.8. The summed E-state index contributed by atoms with van der Waals surface area (Å²) in [5.74, 6) is 1.29. The number of hydrogen-bond acceptors (Lipinski definition) is 4. The van der Waals surface area contributed by atoms with E-state index in [0.29, 0.717) is 12.5 Å². The minimum Gasteiger partial charge on any atom is -0.302 e. The maximum absolute atomic E-state index is 13.3. The maximum Gasteiger partial charge on any atom is 0.262 e. The second kappa shape index (κ2) is 8.36. The smallest absolute Gasteiger partial charge is 0.262 e. The molecule has 0 fully saturated rings. The lowest BCUT2D eigenvalue weighted by atomic mass is 9.99. The number of fused-ring (bicyclic) bond motifs is 1. The van der Waals surface area contributed by atoms with Crippen LogP contribution in [0, 0.1) is 6.92 Å². The molecule has 0 saturated carbocycles. The molecule has 0 N–H and O–H groups in total. The van der Waals surface area contributed by atoms with E-state index in [1.54, 1.807) is 11.3 Å². The number of thiophene rings is 1. The van der Waals surface area contributed by atoms with Crippen LogP contribution in [0.25, 0.3) is 21.3 Å². The van der Waals surface area contributed by atoms with Crippen LogP contribution in [0.5, 0.6) is 0 Å². The molecule has 0 unspecified atom stereocenters. The molecule has 2 aromatic heterocycles. The Morgan fingerprint density at radius 1 is 1.15 bits per heavy atom. The summed E-state index contributed by atoms with van der Waals surface area (Å²) < 4.78 is 1.83. The molecular formula is C22H29N3OS. The number of aromatic nitrogens is 2. The first-order valence-electron chi connectivity index (χ1n) is 9.77. The third-order valence-corrected chi connectivity index (χ3v) is 6.18. The zero-order valence-electron chi connectivity index (χ0n) is 17.0. The lowest BCUT2D eigenvalue weighted by molar-refractivity contribution is 0.288. The van der Waals surface area contributed by atoms with Crippen molar-refractivity contribution < 1.29 is 0 Å². The van der Waals surface area contributed by atoms with E-state index in [-0.39, 0.29) is 5.56 Å². The summed E-state index contributed by atoms with van der Waals surface area (Å²) in [6.07, 6.45) is 0. The predicted octanol–water partition coefficient (Wildman–Crippen LogP) is 4.90. The Labute approximate surface area is 165 Å². The van der Waals surface area contributed by atoms with Gasteiger partial charge in [-0.2, -0.15) is 0 Å². The summed E-state index contributed by atoms with van der Waals surface area (Å²) in [7, 11) is 0. The minimum absolute atomic E-state index is 0.0776. The van der Waals surface area contributed by atoms with Gasteiger partial charge in [-0.05, 0) is 37.1 Å². The average Bonchev–Trinajstić information content (AvgIpc) is 3.08. The van der Waals surface area contributed by atoms with Crippen LogP contribution in [0.1, 0.15) is 45.0 Å². The predicted molar refractivity (Wildman–Crippen MR) is 116 cm³/mol. The van der Waals surface area contributed by atoms with Gasteiger partial charge in [-0.3, -0.25) is 9.36 Å². The third-order valence-electron chi connectivity index (χ3n) is 5.31. The third kappa shape index (κ3) is 3.99. The zero-order valence-corrected chi connectivity index (χ0v) is 17.8. The molecule has 0 saturated heterocycles. The quantitative estimate of drug-likeness (QED) is 0.582. The van der Waals surface area contributed by atoms with Gasteiger partial charge in [-0.15, -0.1) is 11.3 Å². The fourth-order valence-corrected chi connectivity index (χ4v) is 4.41. The number of nitrogens with zero attached hydrogens (tertiary/aromatic N) is 3. The van der Waals surface area contributed by atoms with Crippen LogP contribution < -0.4 is 5.56 Å². The summed E-state index contributed by atoms with van der Waals surface area (Å²) in [5, 5.41) is 2.82. The van der Waals surface area contributed by atoms with Crippen molar-refractivity contribution in [2.24, 2.45) is 0 Å². The van der Waals surface area contributed by atoms with Gasteiger partial charge in [0, 0.05) is 24.0 Å². The van der Waals surface area contributed by atoms with Crippen LogP contribution in [0.15, 0.2) is 34.4 Å². The van der Waals surface area contributed by atoms with Gasteiger partial charge >= 0.3 is 0 Å². The molecule has 0 bridgehead atoms. The first-order valence-corrected chi connectivity index (χ1v) is 10.7. The van der Waals surface area contributed by atoms with Gasteiger partial charge in [0.2, 0.25) is 0 Å². The SMILES string of the molecule is CCN(CC)CCn1c(C)nc2scc(-c3ccc(C(C)C)cc3)c2c1=O. The standard InChI is InChI=1S/C22H29N3OS/c1-6-24(7-2)12-13-25-16(5)23-21-20(22(25)26)19(14-27-21)18-10-8-17(9-11-18)15(3)4/h8-11,14-15H,6-7,12-13H2,1-5H3. The fourth-order valence-electron chi connectivity index (χ4n) is 3.43. The van der Waals surface area contributed by atoms with Crippen LogP contribution in [0.2, 0.25) is 0 Å². The summed E-state index contributed by atoms with van der Waals surface area (Å²) in [4.78, 5) is 21.2. The van der Waals surface area contributed by atoms with E-state index < -0.39 is 0 Å². The van der Waals surface area contributed by atoms with E-state index >= 15 is 0 Å². The van der Waals surface area contributed by atoms with E-state index in [1.165, 1.54) is 5.56 Å². The van der Waals surface area contributed by atoms with Crippen molar-refractivity contribution >= 4 is 21.6 Å². The van der Waals surface area contributed by atoms with Gasteiger partial charge in [0.15, 0.2) is 0 Å². The molecule has 27 heavy (non-hydrogen) atoms. The van der Waals surface area contributed by atoms with E-state index in [1.807, 2.05) is 11.5 Å². The average molecular weight is 384 g/mol. The second-order valence-electron chi connectivity index (χ2n) is 7.25. The number of benzene rings is 1. The first kappa shape index (κ1) is 19.8. The molecule has 4 nitrogen and oxygen atoms in total. The van der Waals surface area contributed by atoms with Crippen molar-refractivity contribution in [3.8, 4) is 11.1 Å². The van der Waals surface area contributed by atoms with Crippen molar-refractivity contribution in [3.63, 3.8) is 0 Å². The number of likely N-dealkylation sites (N-methyl/N-ethyl adjacent to an activating group) is 1. The molecule has 144 valence electrons. The topological polar surface area (TPSA) is 38.1 Å². The second-order valence-corrected chi connectivity index (χ2v) is 8.11. The lowest BCUT2D eigenvalue weighted by Gasteiger charge is -2.19. The number of aryl methyl sites for hydroxylation is 1. The Balaban J connectivity index is 2.03. The van der Waals surface area contributed by atoms with Gasteiger partial charge in [0.05, 0.1) is 5.39 Å². The minimum atomic E-state index is 0.0776. The van der Waals surface area contributed by atoms with Crippen LogP contribution in [0.3, 0.4) is 0 Å². The molecule has 0 radical (unpaired) electrons. The molecule has 0 aliphatic heterocycles. The Kier molecular flexibility index (Phi) is 6.12. The molecule has 3 rings (SSSR count). The van der Waals surface area contributed by atoms with E-state index in [4.69, 9.17) is 4.98 Å². The number of rotatable bonds is 7. The summed E-state index contributed by atoms with van der Waals surface area (Å²) >= 11 is 1.55. The fraction of sp³-hybridized carbons (Fsp3) is 0.455. The van der Waals surface area contributed by atoms with Crippen LogP contribution in [0.4, 0.5) is 0 Å². The molecule has 0 aliphatic rings. The Hall–Kier alpha value is -1.98. The van der Waals surface area contributed by atoms with Gasteiger partial charge in [0.1, 0.15) is 10.7 Å². The van der Waals surface area contributed by atoms with Crippen LogP contribution in [-0.2, 0) is 6.54 Å². The maximum atomic E-state index is 13.3. The molecule has 3 aromatic rings. The zero-order chi connectivity index (χ0) is 19.6. The first-order chi connectivity index (χ1) is 13.0. The van der Waals surface area contributed by atoms with Gasteiger partial charge in [0.25, 0.3) is 5.56 Å². The van der Waals surface area contributed by atoms with E-state index in [9.17, 15) is 4.79 Å². The van der Waals surface area contributed by atoms with Crippen LogP contribution >= 0.6 is 11.3 Å². The highest BCUT2D eigenvalue weighted by Crippen LogP contribution is 2.31. The van der Waals surface area contributed by atoms with Crippen LogP contribution in [-0.4, -0.2) is 34.1 Å². The molecule has 5 heteroatoms. The summed E-state index contributed by atoms with van der Waals surface area (Å²) in [6.45, 7) is 14.1. The van der Waals surface area contributed by atoms with Crippen molar-refractivity contribution in [1.29, 1.82) is 0 Å². The molecule has 0 spiro atoms. The Bertz CT molecular complexity index is 966. The molecular weight excluding hydrogens is 354 g/mol. The van der Waals surface area contributed by atoms with Gasteiger partial charge < -0.3 is 4.90 Å². The monoisotopic (exact) mass is 383 g/mol. The Morgan fingerprint density at radius 2 is 1.81 bits per heavy atom. The molecule has 0 amide bonds. The lowest BCUT2D eigenvalue weighted by Crippen LogP contribution is -2.32. The molecule has 0 aliphatic carbocycles. The summed E-state index contributed by atoms with van der Waals surface area (Å²) in [5.41, 5.74) is 3.47. The van der Waals surface area contributed by atoms with Crippen molar-refractivity contribution in [3.05, 3.63) is 51.4 Å². The highest BCUT2D eigenvalue weighted by molar-refractivity contribution is 7.17. The highest BCUT2D eigenvalue weighted by Gasteiger charge is 2.16. The van der Waals surface area contributed by atoms with Gasteiger partial charge in [-0.1, -0.05) is 52.0 Å². The molecule has 0 atom stereocenters. The van der Waals surface area contributed by atoms with Gasteiger partial charge in [-0.25, -0.2) is 4.98 Å². The number of hydrogen-bond donors (Lipinski definition) is 0. The van der Waals surface area contributed by atoms with Crippen molar-refractivity contribution in [2.45, 2.75) is 47.1 Å². The highest BCUT2D eigenvalue weighted by atomic mass is 32.1. The Morgan fingerprint density at radius 3 is 2.41 bits per heavy atom. The molecule has 1 aromatic carbocycles. The van der Waals surface area contributed by atoms with Crippen molar-refractivity contribution in [2.75, 3.05) is 19.6 Å². The van der Waals surface area contributed by atoms with E-state index in [2.05, 4.69) is 62.2 Å². The van der Waals surface area contributed by atoms with Crippen molar-refractivity contribution in [1.82, 2.24) is 14.5 Å². The molecule has 2 heterocycles. The van der Waals surface area contributed by atoms with E-state index in [0.717, 1.165) is 46.8 Å². The summed E-state index contributed by atoms with van der Waals surface area (Å²) in [6, 6.07) is 8.56. The largest absolute Gasteiger partial charge is 0.302 e.